The van der Waals surface area contributed by atoms with Crippen LogP contribution < -0.4 is 9.47 Å². The minimum Gasteiger partial charge on any atom is -0.493 e. The summed E-state index contributed by atoms with van der Waals surface area (Å²) in [4.78, 5) is 1.05. The maximum absolute atomic E-state index is 10.2. The Kier molecular flexibility index (Phi) is 7.25. The number of hydrogen-bond donors (Lipinski definition) is 0. The first-order chi connectivity index (χ1) is 12.5. The van der Waals surface area contributed by atoms with E-state index in [2.05, 4.69) is 44.2 Å². The molecular formula is C21H24ClNO2S. The van der Waals surface area contributed by atoms with Gasteiger partial charge in [0.15, 0.2) is 11.5 Å². The molecule has 0 aliphatic rings. The Bertz CT molecular complexity index is 773. The van der Waals surface area contributed by atoms with Gasteiger partial charge in [-0.1, -0.05) is 42.4 Å². The molecule has 0 amide bonds. The van der Waals surface area contributed by atoms with Crippen molar-refractivity contribution in [2.75, 3.05) is 20.1 Å². The molecular weight excluding hydrogens is 366 g/mol. The van der Waals surface area contributed by atoms with E-state index in [1.165, 1.54) is 5.56 Å². The van der Waals surface area contributed by atoms with Crippen LogP contribution in [0.3, 0.4) is 0 Å². The largest absolute Gasteiger partial charge is 0.493 e. The molecule has 0 radical (unpaired) electrons. The van der Waals surface area contributed by atoms with Crippen LogP contribution in [0, 0.1) is 24.2 Å². The summed E-state index contributed by atoms with van der Waals surface area (Å²) in [7, 11) is 3.20. The Morgan fingerprint density at radius 1 is 1.12 bits per heavy atom. The van der Waals surface area contributed by atoms with Crippen molar-refractivity contribution in [2.24, 2.45) is 5.92 Å². The van der Waals surface area contributed by atoms with Gasteiger partial charge in [-0.2, -0.15) is 5.26 Å². The molecule has 0 spiro atoms. The molecule has 0 aliphatic heterocycles. The lowest BCUT2D eigenvalue weighted by Crippen LogP contribution is -2.24. The number of alkyl halides is 1. The molecule has 2 unspecified atom stereocenters. The summed E-state index contributed by atoms with van der Waals surface area (Å²) in [5, 5.41) is 10.2. The minimum atomic E-state index is -0.761. The maximum atomic E-state index is 10.2. The topological polar surface area (TPSA) is 42.2 Å². The van der Waals surface area contributed by atoms with Crippen molar-refractivity contribution in [3.8, 4) is 17.6 Å². The zero-order valence-electron chi connectivity index (χ0n) is 15.6. The molecule has 0 saturated heterocycles. The summed E-state index contributed by atoms with van der Waals surface area (Å²) in [6.45, 7) is 4.12. The number of aryl methyl sites for hydroxylation is 1. The van der Waals surface area contributed by atoms with E-state index in [1.54, 1.807) is 26.0 Å². The third-order valence-electron chi connectivity index (χ3n) is 4.24. The number of halogens is 1. The number of methoxy groups -OCH3 is 2. The minimum absolute atomic E-state index is 0.197. The van der Waals surface area contributed by atoms with Crippen LogP contribution in [0.4, 0.5) is 0 Å². The van der Waals surface area contributed by atoms with Crippen LogP contribution in [-0.4, -0.2) is 20.1 Å². The first-order valence-corrected chi connectivity index (χ1v) is 9.78. The lowest BCUT2D eigenvalue weighted by molar-refractivity contribution is 0.354. The second-order valence-electron chi connectivity index (χ2n) is 6.39. The number of benzene rings is 2. The van der Waals surface area contributed by atoms with Crippen LogP contribution >= 0.6 is 23.4 Å². The zero-order chi connectivity index (χ0) is 19.2. The molecule has 3 nitrogen and oxygen atoms in total. The Morgan fingerprint density at radius 2 is 1.77 bits per heavy atom. The summed E-state index contributed by atoms with van der Waals surface area (Å²) in [6.07, 6.45) is 0.640. The van der Waals surface area contributed by atoms with E-state index in [0.29, 0.717) is 23.8 Å². The molecule has 0 saturated carbocycles. The van der Waals surface area contributed by atoms with Gasteiger partial charge in [0.05, 0.1) is 20.3 Å². The van der Waals surface area contributed by atoms with Gasteiger partial charge < -0.3 is 9.47 Å². The summed E-state index contributed by atoms with van der Waals surface area (Å²) < 4.78 is 10.0. The van der Waals surface area contributed by atoms with Crippen LogP contribution in [0.5, 0.6) is 11.5 Å². The second kappa shape index (κ2) is 9.21. The third kappa shape index (κ3) is 4.66. The van der Waals surface area contributed by atoms with Gasteiger partial charge in [-0.05, 0) is 49.1 Å². The lowest BCUT2D eigenvalue weighted by Gasteiger charge is -2.29. The standard InChI is InChI=1S/C21H24ClNO2S/c1-15-5-8-18(9-6-15)26-21(14-23,12-16(2)13-22)17-7-10-19(24-3)20(11-17)25-4/h5-11,16H,12-13H2,1-4H3. The SMILES string of the molecule is COc1ccc(C(C#N)(CC(C)CCl)Sc2ccc(C)cc2)cc1OC. The normalized spacial score (nSPS) is 14.2. The highest BCUT2D eigenvalue weighted by Crippen LogP contribution is 2.47. The summed E-state index contributed by atoms with van der Waals surface area (Å²) in [5.74, 6) is 1.97. The number of nitriles is 1. The molecule has 0 N–H and O–H groups in total. The highest BCUT2D eigenvalue weighted by molar-refractivity contribution is 8.00. The Hall–Kier alpha value is -1.83. The first-order valence-electron chi connectivity index (χ1n) is 8.43. The Morgan fingerprint density at radius 3 is 2.31 bits per heavy atom. The lowest BCUT2D eigenvalue weighted by atomic mass is 9.90. The van der Waals surface area contributed by atoms with Crippen LogP contribution in [-0.2, 0) is 4.75 Å². The number of ether oxygens (including phenoxy) is 2. The fourth-order valence-corrected chi connectivity index (χ4v) is 4.23. The van der Waals surface area contributed by atoms with Crippen LogP contribution in [0.25, 0.3) is 0 Å². The van der Waals surface area contributed by atoms with Crippen LogP contribution in [0.1, 0.15) is 24.5 Å². The molecule has 0 heterocycles. The predicted octanol–water partition coefficient (Wildman–Crippen LogP) is 5.79. The average molecular weight is 390 g/mol. The van der Waals surface area contributed by atoms with Gasteiger partial charge in [0, 0.05) is 10.8 Å². The number of thioether (sulfide) groups is 1. The van der Waals surface area contributed by atoms with E-state index in [4.69, 9.17) is 21.1 Å². The van der Waals surface area contributed by atoms with Crippen molar-refractivity contribution in [1.29, 1.82) is 5.26 Å². The molecule has 2 rings (SSSR count). The monoisotopic (exact) mass is 389 g/mol. The van der Waals surface area contributed by atoms with Crippen LogP contribution in [0.15, 0.2) is 47.4 Å². The molecule has 26 heavy (non-hydrogen) atoms. The van der Waals surface area contributed by atoms with Gasteiger partial charge in [-0.15, -0.1) is 11.6 Å². The summed E-state index contributed by atoms with van der Waals surface area (Å²) >= 11 is 7.63. The molecule has 2 aromatic carbocycles. The number of nitrogens with zero attached hydrogens (tertiary/aromatic N) is 1. The van der Waals surface area contributed by atoms with Gasteiger partial charge in [0.25, 0.3) is 0 Å². The number of rotatable bonds is 8. The third-order valence-corrected chi connectivity index (χ3v) is 6.12. The van der Waals surface area contributed by atoms with Gasteiger partial charge in [-0.3, -0.25) is 0 Å². The molecule has 0 bridgehead atoms. The van der Waals surface area contributed by atoms with E-state index < -0.39 is 4.75 Å². The van der Waals surface area contributed by atoms with Gasteiger partial charge in [0.1, 0.15) is 4.75 Å². The first kappa shape index (κ1) is 20.5. The van der Waals surface area contributed by atoms with E-state index in [0.717, 1.165) is 10.5 Å². The second-order valence-corrected chi connectivity index (χ2v) is 8.07. The average Bonchev–Trinajstić information content (AvgIpc) is 2.68. The fourth-order valence-electron chi connectivity index (χ4n) is 2.79. The predicted molar refractivity (Wildman–Crippen MR) is 108 cm³/mol. The van der Waals surface area contributed by atoms with Crippen molar-refractivity contribution >= 4 is 23.4 Å². The quantitative estimate of drug-likeness (QED) is 0.423. The zero-order valence-corrected chi connectivity index (χ0v) is 17.2. The van der Waals surface area contributed by atoms with E-state index >= 15 is 0 Å². The van der Waals surface area contributed by atoms with Crippen molar-refractivity contribution in [2.45, 2.75) is 29.9 Å². The highest BCUT2D eigenvalue weighted by atomic mass is 35.5. The van der Waals surface area contributed by atoms with E-state index in [9.17, 15) is 5.26 Å². The van der Waals surface area contributed by atoms with Crippen molar-refractivity contribution < 1.29 is 9.47 Å². The Balaban J connectivity index is 2.52. The Labute approximate surface area is 165 Å². The van der Waals surface area contributed by atoms with Gasteiger partial charge >= 0.3 is 0 Å². The molecule has 0 aliphatic carbocycles. The molecule has 138 valence electrons. The van der Waals surface area contributed by atoms with E-state index in [-0.39, 0.29) is 5.92 Å². The number of hydrogen-bond acceptors (Lipinski definition) is 4. The molecule has 0 fully saturated rings. The van der Waals surface area contributed by atoms with Crippen molar-refractivity contribution in [1.82, 2.24) is 0 Å². The molecule has 5 heteroatoms. The maximum Gasteiger partial charge on any atom is 0.161 e. The summed E-state index contributed by atoms with van der Waals surface area (Å²) in [6, 6.07) is 16.5. The smallest absolute Gasteiger partial charge is 0.161 e. The molecule has 2 aromatic rings. The van der Waals surface area contributed by atoms with Crippen molar-refractivity contribution in [3.05, 3.63) is 53.6 Å². The van der Waals surface area contributed by atoms with Gasteiger partial charge in [0.2, 0.25) is 0 Å². The summed E-state index contributed by atoms with van der Waals surface area (Å²) in [5.41, 5.74) is 2.08. The van der Waals surface area contributed by atoms with E-state index in [1.807, 2.05) is 18.2 Å². The molecule has 2 atom stereocenters. The fraction of sp³-hybridized carbons (Fsp3) is 0.381. The van der Waals surface area contributed by atoms with Crippen molar-refractivity contribution in [3.63, 3.8) is 0 Å². The van der Waals surface area contributed by atoms with Gasteiger partial charge in [-0.25, -0.2) is 0 Å². The molecule has 0 aromatic heterocycles. The highest BCUT2D eigenvalue weighted by Gasteiger charge is 2.36. The van der Waals surface area contributed by atoms with Crippen LogP contribution in [0.2, 0.25) is 0 Å².